The first kappa shape index (κ1) is 16.3. The van der Waals surface area contributed by atoms with E-state index in [1.54, 1.807) is 12.1 Å². The van der Waals surface area contributed by atoms with Crippen LogP contribution in [0.25, 0.3) is 0 Å². The standard InChI is InChI=1S/C14H21ClO3S/c1-10(2)9-18-13-7-6-11(19(15,16)17)8-12(13)14(3,4)5/h6-8,10H,9H2,1-5H3. The molecule has 0 aliphatic carbocycles. The second-order valence-electron chi connectivity index (χ2n) is 6.05. The molecule has 0 spiro atoms. The Balaban J connectivity index is 3.26. The Morgan fingerprint density at radius 1 is 1.26 bits per heavy atom. The lowest BCUT2D eigenvalue weighted by molar-refractivity contribution is 0.264. The lowest BCUT2D eigenvalue weighted by Gasteiger charge is -2.24. The summed E-state index contributed by atoms with van der Waals surface area (Å²) in [6.07, 6.45) is 0. The van der Waals surface area contributed by atoms with Crippen LogP contribution in [0, 0.1) is 5.92 Å². The molecule has 0 saturated carbocycles. The molecule has 0 aromatic heterocycles. The maximum absolute atomic E-state index is 11.4. The van der Waals surface area contributed by atoms with Gasteiger partial charge in [-0.05, 0) is 29.5 Å². The fourth-order valence-electron chi connectivity index (χ4n) is 1.63. The second-order valence-corrected chi connectivity index (χ2v) is 8.62. The molecule has 0 unspecified atom stereocenters. The third-order valence-corrected chi connectivity index (χ3v) is 3.96. The largest absolute Gasteiger partial charge is 0.493 e. The highest BCUT2D eigenvalue weighted by Crippen LogP contribution is 2.34. The molecule has 5 heteroatoms. The van der Waals surface area contributed by atoms with Crippen LogP contribution in [-0.2, 0) is 14.5 Å². The van der Waals surface area contributed by atoms with Gasteiger partial charge in [-0.2, -0.15) is 0 Å². The number of halogens is 1. The summed E-state index contributed by atoms with van der Waals surface area (Å²) in [5, 5.41) is 0. The fourth-order valence-corrected chi connectivity index (χ4v) is 2.41. The molecule has 0 atom stereocenters. The van der Waals surface area contributed by atoms with Crippen molar-refractivity contribution in [2.45, 2.75) is 44.9 Å². The van der Waals surface area contributed by atoms with Gasteiger partial charge in [0.1, 0.15) is 5.75 Å². The molecule has 1 rings (SSSR count). The van der Waals surface area contributed by atoms with Crippen LogP contribution in [0.4, 0.5) is 0 Å². The van der Waals surface area contributed by atoms with Gasteiger partial charge in [-0.3, -0.25) is 0 Å². The van der Waals surface area contributed by atoms with Crippen LogP contribution in [0.15, 0.2) is 23.1 Å². The molecule has 0 amide bonds. The van der Waals surface area contributed by atoms with Gasteiger partial charge in [0.2, 0.25) is 0 Å². The van der Waals surface area contributed by atoms with E-state index in [0.717, 1.165) is 5.56 Å². The van der Waals surface area contributed by atoms with Crippen molar-refractivity contribution in [2.24, 2.45) is 5.92 Å². The Hall–Kier alpha value is -0.740. The third-order valence-electron chi connectivity index (χ3n) is 2.61. The van der Waals surface area contributed by atoms with E-state index < -0.39 is 9.05 Å². The zero-order valence-electron chi connectivity index (χ0n) is 12.0. The molecule has 0 aliphatic heterocycles. The van der Waals surface area contributed by atoms with Crippen molar-refractivity contribution < 1.29 is 13.2 Å². The highest BCUT2D eigenvalue weighted by Gasteiger charge is 2.22. The van der Waals surface area contributed by atoms with Crippen LogP contribution >= 0.6 is 10.7 Å². The van der Waals surface area contributed by atoms with E-state index in [4.69, 9.17) is 15.4 Å². The van der Waals surface area contributed by atoms with Crippen LogP contribution in [0.3, 0.4) is 0 Å². The predicted octanol–water partition coefficient (Wildman–Crippen LogP) is 3.95. The maximum Gasteiger partial charge on any atom is 0.261 e. The molecule has 19 heavy (non-hydrogen) atoms. The predicted molar refractivity (Wildman–Crippen MR) is 78.5 cm³/mol. The summed E-state index contributed by atoms with van der Waals surface area (Å²) in [6, 6.07) is 4.75. The smallest absolute Gasteiger partial charge is 0.261 e. The van der Waals surface area contributed by atoms with E-state index >= 15 is 0 Å². The minimum Gasteiger partial charge on any atom is -0.493 e. The Bertz CT molecular complexity index is 542. The van der Waals surface area contributed by atoms with Crippen molar-refractivity contribution in [1.82, 2.24) is 0 Å². The van der Waals surface area contributed by atoms with Gasteiger partial charge in [-0.25, -0.2) is 8.42 Å². The van der Waals surface area contributed by atoms with Crippen molar-refractivity contribution >= 4 is 19.7 Å². The van der Waals surface area contributed by atoms with E-state index in [9.17, 15) is 8.42 Å². The Morgan fingerprint density at radius 3 is 2.26 bits per heavy atom. The molecular weight excluding hydrogens is 284 g/mol. The molecule has 0 bridgehead atoms. The number of hydrogen-bond donors (Lipinski definition) is 0. The van der Waals surface area contributed by atoms with Crippen molar-refractivity contribution in [3.8, 4) is 5.75 Å². The normalized spacial score (nSPS) is 12.8. The van der Waals surface area contributed by atoms with E-state index in [2.05, 4.69) is 13.8 Å². The van der Waals surface area contributed by atoms with Gasteiger partial charge < -0.3 is 4.74 Å². The van der Waals surface area contributed by atoms with Gasteiger partial charge in [-0.15, -0.1) is 0 Å². The Kier molecular flexibility index (Phi) is 4.91. The minimum atomic E-state index is -3.72. The van der Waals surface area contributed by atoms with Crippen LogP contribution < -0.4 is 4.74 Å². The third kappa shape index (κ3) is 4.69. The molecule has 1 aromatic rings. The molecule has 0 aliphatic rings. The van der Waals surface area contributed by atoms with Gasteiger partial charge in [0.25, 0.3) is 9.05 Å². The van der Waals surface area contributed by atoms with Gasteiger partial charge >= 0.3 is 0 Å². The quantitative estimate of drug-likeness (QED) is 0.791. The average Bonchev–Trinajstić information content (AvgIpc) is 2.23. The SMILES string of the molecule is CC(C)COc1ccc(S(=O)(=O)Cl)cc1C(C)(C)C. The zero-order chi connectivity index (χ0) is 14.8. The maximum atomic E-state index is 11.4. The molecule has 0 heterocycles. The average molecular weight is 305 g/mol. The first-order valence-electron chi connectivity index (χ1n) is 6.24. The van der Waals surface area contributed by atoms with Crippen LogP contribution in [0.5, 0.6) is 5.75 Å². The molecule has 0 fully saturated rings. The van der Waals surface area contributed by atoms with Gasteiger partial charge in [-0.1, -0.05) is 34.6 Å². The minimum absolute atomic E-state index is 0.107. The van der Waals surface area contributed by atoms with Gasteiger partial charge in [0.15, 0.2) is 0 Å². The number of hydrogen-bond acceptors (Lipinski definition) is 3. The summed E-state index contributed by atoms with van der Waals surface area (Å²) in [7, 11) is 1.67. The van der Waals surface area contributed by atoms with E-state index in [0.29, 0.717) is 18.3 Å². The Labute approximate surface area is 120 Å². The summed E-state index contributed by atoms with van der Waals surface area (Å²) in [4.78, 5) is 0.107. The highest BCUT2D eigenvalue weighted by atomic mass is 35.7. The van der Waals surface area contributed by atoms with E-state index in [-0.39, 0.29) is 10.3 Å². The first-order valence-corrected chi connectivity index (χ1v) is 8.54. The van der Waals surface area contributed by atoms with Crippen LogP contribution in [-0.4, -0.2) is 15.0 Å². The fraction of sp³-hybridized carbons (Fsp3) is 0.571. The summed E-state index contributed by atoms with van der Waals surface area (Å²) >= 11 is 0. The summed E-state index contributed by atoms with van der Waals surface area (Å²) in [5.74, 6) is 1.12. The Morgan fingerprint density at radius 2 is 1.84 bits per heavy atom. The lowest BCUT2D eigenvalue weighted by atomic mass is 9.86. The summed E-state index contributed by atoms with van der Waals surface area (Å²) in [5.41, 5.74) is 0.624. The molecule has 0 N–H and O–H groups in total. The van der Waals surface area contributed by atoms with E-state index in [1.165, 1.54) is 6.07 Å². The molecule has 0 saturated heterocycles. The van der Waals surface area contributed by atoms with Gasteiger partial charge in [0, 0.05) is 16.2 Å². The summed E-state index contributed by atoms with van der Waals surface area (Å²) in [6.45, 7) is 10.7. The number of rotatable bonds is 4. The van der Waals surface area contributed by atoms with Crippen molar-refractivity contribution in [3.05, 3.63) is 23.8 Å². The van der Waals surface area contributed by atoms with Crippen LogP contribution in [0.1, 0.15) is 40.2 Å². The molecule has 3 nitrogen and oxygen atoms in total. The number of benzene rings is 1. The zero-order valence-corrected chi connectivity index (χ0v) is 13.6. The monoisotopic (exact) mass is 304 g/mol. The molecule has 0 radical (unpaired) electrons. The molecule has 108 valence electrons. The second kappa shape index (κ2) is 5.71. The van der Waals surface area contributed by atoms with Crippen molar-refractivity contribution in [2.75, 3.05) is 6.61 Å². The number of ether oxygens (including phenoxy) is 1. The van der Waals surface area contributed by atoms with Crippen molar-refractivity contribution in [3.63, 3.8) is 0 Å². The van der Waals surface area contributed by atoms with Gasteiger partial charge in [0.05, 0.1) is 11.5 Å². The molecular formula is C14H21ClO3S. The topological polar surface area (TPSA) is 43.4 Å². The first-order chi connectivity index (χ1) is 8.51. The summed E-state index contributed by atoms with van der Waals surface area (Å²) < 4.78 is 28.6. The van der Waals surface area contributed by atoms with Crippen molar-refractivity contribution in [1.29, 1.82) is 0 Å². The van der Waals surface area contributed by atoms with Crippen LogP contribution in [0.2, 0.25) is 0 Å². The lowest BCUT2D eigenvalue weighted by Crippen LogP contribution is -2.15. The van der Waals surface area contributed by atoms with E-state index in [1.807, 2.05) is 20.8 Å². The molecule has 1 aromatic carbocycles. The highest BCUT2D eigenvalue weighted by molar-refractivity contribution is 8.13.